The minimum atomic E-state index is -3.46. The molecule has 1 amide bonds. The number of ether oxygens (including phenoxy) is 2. The van der Waals surface area contributed by atoms with Gasteiger partial charge < -0.3 is 14.8 Å². The van der Waals surface area contributed by atoms with Crippen molar-refractivity contribution in [1.29, 1.82) is 0 Å². The summed E-state index contributed by atoms with van der Waals surface area (Å²) in [6.45, 7) is 3.17. The fourth-order valence-corrected chi connectivity index (χ4v) is 4.87. The summed E-state index contributed by atoms with van der Waals surface area (Å²) < 4.78 is 37.4. The Balaban J connectivity index is 1.49. The Hall–Kier alpha value is -2.62. The zero-order valence-corrected chi connectivity index (χ0v) is 18.0. The number of sulfonamides is 1. The van der Waals surface area contributed by atoms with Gasteiger partial charge in [0.15, 0.2) is 11.5 Å². The molecule has 0 radical (unpaired) electrons. The van der Waals surface area contributed by atoms with Crippen LogP contribution in [0.5, 0.6) is 11.5 Å². The van der Waals surface area contributed by atoms with E-state index in [4.69, 9.17) is 9.47 Å². The van der Waals surface area contributed by atoms with Gasteiger partial charge in [-0.15, -0.1) is 0 Å². The summed E-state index contributed by atoms with van der Waals surface area (Å²) in [6.07, 6.45) is 0. The highest BCUT2D eigenvalue weighted by atomic mass is 32.2. The number of para-hydroxylation sites is 1. The number of hydrogen-bond acceptors (Lipinski definition) is 6. The third kappa shape index (κ3) is 4.92. The molecule has 1 N–H and O–H groups in total. The predicted molar refractivity (Wildman–Crippen MR) is 114 cm³/mol. The van der Waals surface area contributed by atoms with Gasteiger partial charge in [-0.1, -0.05) is 24.3 Å². The topological polar surface area (TPSA) is 88.2 Å². The van der Waals surface area contributed by atoms with Gasteiger partial charge in [-0.25, -0.2) is 8.42 Å². The van der Waals surface area contributed by atoms with E-state index in [0.717, 1.165) is 0 Å². The van der Waals surface area contributed by atoms with E-state index >= 15 is 0 Å². The summed E-state index contributed by atoms with van der Waals surface area (Å²) >= 11 is 0. The van der Waals surface area contributed by atoms with Crippen molar-refractivity contribution in [2.75, 3.05) is 53.5 Å². The average molecular weight is 434 g/mol. The number of carbonyl (C=O) groups excluding carboxylic acids is 1. The van der Waals surface area contributed by atoms with Crippen molar-refractivity contribution in [3.63, 3.8) is 0 Å². The summed E-state index contributed by atoms with van der Waals surface area (Å²) in [5.41, 5.74) is 0.413. The van der Waals surface area contributed by atoms with E-state index in [1.165, 1.54) is 18.5 Å². The first kappa shape index (κ1) is 22.1. The van der Waals surface area contributed by atoms with Crippen molar-refractivity contribution in [1.82, 2.24) is 14.5 Å². The van der Waals surface area contributed by atoms with Crippen molar-refractivity contribution < 1.29 is 22.7 Å². The lowest BCUT2D eigenvalue weighted by Gasteiger charge is -2.33. The highest BCUT2D eigenvalue weighted by molar-refractivity contribution is 7.89. The van der Waals surface area contributed by atoms with Gasteiger partial charge in [-0.2, -0.15) is 4.31 Å². The van der Waals surface area contributed by atoms with Crippen LogP contribution >= 0.6 is 0 Å². The Kier molecular flexibility index (Phi) is 7.30. The largest absolute Gasteiger partial charge is 0.493 e. The number of nitrogens with zero attached hydrogens (tertiary/aromatic N) is 2. The van der Waals surface area contributed by atoms with Crippen LogP contribution in [0.2, 0.25) is 0 Å². The van der Waals surface area contributed by atoms with Crippen LogP contribution in [0.25, 0.3) is 0 Å². The molecule has 0 bridgehead atoms. The van der Waals surface area contributed by atoms with Crippen LogP contribution in [0.3, 0.4) is 0 Å². The highest BCUT2D eigenvalue weighted by Crippen LogP contribution is 2.30. The van der Waals surface area contributed by atoms with Gasteiger partial charge in [0, 0.05) is 39.3 Å². The number of hydrogen-bond donors (Lipinski definition) is 1. The second-order valence-electron chi connectivity index (χ2n) is 6.86. The molecule has 162 valence electrons. The van der Waals surface area contributed by atoms with Crippen LogP contribution in [0, 0.1) is 0 Å². The molecule has 0 saturated carbocycles. The second kappa shape index (κ2) is 9.92. The molecule has 0 aromatic heterocycles. The monoisotopic (exact) mass is 433 g/mol. The van der Waals surface area contributed by atoms with Gasteiger partial charge in [0.05, 0.1) is 24.7 Å². The molecule has 30 heavy (non-hydrogen) atoms. The average Bonchev–Trinajstić information content (AvgIpc) is 2.79. The van der Waals surface area contributed by atoms with E-state index in [9.17, 15) is 13.2 Å². The van der Waals surface area contributed by atoms with E-state index < -0.39 is 10.0 Å². The lowest BCUT2D eigenvalue weighted by atomic mass is 10.1. The quantitative estimate of drug-likeness (QED) is 0.678. The summed E-state index contributed by atoms with van der Waals surface area (Å²) in [5.74, 6) is 0.661. The molecule has 0 atom stereocenters. The van der Waals surface area contributed by atoms with E-state index in [2.05, 4.69) is 10.2 Å². The molecule has 0 unspecified atom stereocenters. The number of amides is 1. The Bertz CT molecular complexity index is 958. The second-order valence-corrected chi connectivity index (χ2v) is 8.79. The van der Waals surface area contributed by atoms with Crippen LogP contribution in [0.4, 0.5) is 0 Å². The maximum absolute atomic E-state index is 12.7. The van der Waals surface area contributed by atoms with Crippen molar-refractivity contribution in [2.24, 2.45) is 0 Å². The van der Waals surface area contributed by atoms with Crippen LogP contribution < -0.4 is 14.8 Å². The lowest BCUT2D eigenvalue weighted by molar-refractivity contribution is 0.0941. The number of rotatable bonds is 8. The highest BCUT2D eigenvalue weighted by Gasteiger charge is 2.28. The third-order valence-corrected chi connectivity index (χ3v) is 6.99. The molecule has 0 spiro atoms. The van der Waals surface area contributed by atoms with Gasteiger partial charge in [0.2, 0.25) is 10.0 Å². The van der Waals surface area contributed by atoms with Crippen molar-refractivity contribution >= 4 is 15.9 Å². The summed E-state index contributed by atoms with van der Waals surface area (Å²) in [7, 11) is -0.436. The normalized spacial score (nSPS) is 15.5. The van der Waals surface area contributed by atoms with Crippen molar-refractivity contribution in [3.8, 4) is 11.5 Å². The van der Waals surface area contributed by atoms with Gasteiger partial charge in [0.1, 0.15) is 0 Å². The van der Waals surface area contributed by atoms with Crippen LogP contribution in [-0.2, 0) is 10.0 Å². The number of methoxy groups -OCH3 is 2. The number of nitrogens with one attached hydrogen (secondary N) is 1. The molecular formula is C21H27N3O5S. The number of piperazine rings is 1. The zero-order chi connectivity index (χ0) is 21.6. The Morgan fingerprint density at radius 1 is 0.967 bits per heavy atom. The van der Waals surface area contributed by atoms with E-state index in [0.29, 0.717) is 61.2 Å². The Morgan fingerprint density at radius 3 is 2.30 bits per heavy atom. The molecule has 3 rings (SSSR count). The molecule has 1 aliphatic heterocycles. The molecule has 1 aliphatic rings. The molecule has 9 heteroatoms. The first-order chi connectivity index (χ1) is 14.5. The van der Waals surface area contributed by atoms with Crippen LogP contribution in [-0.4, -0.2) is 77.0 Å². The minimum absolute atomic E-state index is 0.240. The molecule has 8 nitrogen and oxygen atoms in total. The Labute approximate surface area is 177 Å². The molecule has 1 saturated heterocycles. The van der Waals surface area contributed by atoms with Crippen molar-refractivity contribution in [2.45, 2.75) is 4.90 Å². The molecule has 2 aromatic carbocycles. The Morgan fingerprint density at radius 2 is 1.67 bits per heavy atom. The van der Waals surface area contributed by atoms with E-state index in [1.807, 2.05) is 0 Å². The number of benzene rings is 2. The molecule has 0 aliphatic carbocycles. The molecule has 1 fully saturated rings. The van der Waals surface area contributed by atoms with E-state index in [-0.39, 0.29) is 5.91 Å². The third-order valence-electron chi connectivity index (χ3n) is 5.07. The maximum Gasteiger partial charge on any atom is 0.255 e. The smallest absolute Gasteiger partial charge is 0.255 e. The first-order valence-corrected chi connectivity index (χ1v) is 11.2. The number of carbonyl (C=O) groups is 1. The van der Waals surface area contributed by atoms with Crippen LogP contribution in [0.15, 0.2) is 53.4 Å². The molecule has 1 heterocycles. The summed E-state index contributed by atoms with van der Waals surface area (Å²) in [6, 6.07) is 13.6. The van der Waals surface area contributed by atoms with Gasteiger partial charge in [-0.05, 0) is 24.3 Å². The SMILES string of the molecule is COc1cccc(C(=O)NCCN2CCN(S(=O)(=O)c3ccccc3)CC2)c1OC. The maximum atomic E-state index is 12.7. The minimum Gasteiger partial charge on any atom is -0.493 e. The van der Waals surface area contributed by atoms with Gasteiger partial charge in [0.25, 0.3) is 5.91 Å². The van der Waals surface area contributed by atoms with E-state index in [1.54, 1.807) is 48.5 Å². The van der Waals surface area contributed by atoms with Crippen LogP contribution in [0.1, 0.15) is 10.4 Å². The molecule has 2 aromatic rings. The fraction of sp³-hybridized carbons (Fsp3) is 0.381. The standard InChI is InChI=1S/C21H27N3O5S/c1-28-19-10-6-9-18(20(19)29-2)21(25)22-11-12-23-13-15-24(16-14-23)30(26,27)17-7-4-3-5-8-17/h3-10H,11-16H2,1-2H3,(H,22,25). The summed E-state index contributed by atoms with van der Waals surface area (Å²) in [4.78, 5) is 15.0. The predicted octanol–water partition coefficient (Wildman–Crippen LogP) is 1.44. The van der Waals surface area contributed by atoms with Crippen molar-refractivity contribution in [3.05, 3.63) is 54.1 Å². The summed E-state index contributed by atoms with van der Waals surface area (Å²) in [5, 5.41) is 2.89. The molecular weight excluding hydrogens is 406 g/mol. The first-order valence-electron chi connectivity index (χ1n) is 9.74. The zero-order valence-electron chi connectivity index (χ0n) is 17.2. The van der Waals surface area contributed by atoms with Gasteiger partial charge >= 0.3 is 0 Å². The lowest BCUT2D eigenvalue weighted by Crippen LogP contribution is -2.50. The fourth-order valence-electron chi connectivity index (χ4n) is 3.42. The van der Waals surface area contributed by atoms with Gasteiger partial charge in [-0.3, -0.25) is 9.69 Å².